The van der Waals surface area contributed by atoms with E-state index < -0.39 is 11.2 Å². The molecular formula is C9H16N4O3. The molecule has 0 aromatic carbocycles. The van der Waals surface area contributed by atoms with Crippen LogP contribution in [0.25, 0.3) is 0 Å². The number of aromatic amines is 2. The van der Waals surface area contributed by atoms with E-state index in [0.29, 0.717) is 6.54 Å². The molecule has 0 unspecified atom stereocenters. The summed E-state index contributed by atoms with van der Waals surface area (Å²) in [6.45, 7) is 0.837. The molecule has 0 bridgehead atoms. The topological polar surface area (TPSA) is 102 Å². The molecule has 0 aliphatic heterocycles. The van der Waals surface area contributed by atoms with Crippen LogP contribution in [0.5, 0.6) is 0 Å². The van der Waals surface area contributed by atoms with Gasteiger partial charge in [0.1, 0.15) is 0 Å². The summed E-state index contributed by atoms with van der Waals surface area (Å²) < 4.78 is 0. The van der Waals surface area contributed by atoms with Gasteiger partial charge in [-0.05, 0) is 19.3 Å². The number of nitrogens with zero attached hydrogens (tertiary/aromatic N) is 2. The largest absolute Gasteiger partial charge is 0.396 e. The van der Waals surface area contributed by atoms with Gasteiger partial charge in [-0.2, -0.15) is 0 Å². The Hall–Kier alpha value is -1.63. The average Bonchev–Trinajstić information content (AvgIpc) is 2.24. The zero-order chi connectivity index (χ0) is 12.0. The number of hydrogen-bond donors (Lipinski definition) is 3. The first-order valence-electron chi connectivity index (χ1n) is 5.16. The van der Waals surface area contributed by atoms with E-state index >= 15 is 0 Å². The lowest BCUT2D eigenvalue weighted by Crippen LogP contribution is -2.32. The lowest BCUT2D eigenvalue weighted by molar-refractivity contribution is 0.283. The van der Waals surface area contributed by atoms with Crippen LogP contribution in [0, 0.1) is 0 Å². The fourth-order valence-electron chi connectivity index (χ4n) is 1.34. The minimum atomic E-state index is -0.609. The number of nitrogens with one attached hydrogen (secondary N) is 2. The molecule has 90 valence electrons. The third kappa shape index (κ3) is 3.50. The number of aliphatic hydroxyl groups excluding tert-OH is 1. The summed E-state index contributed by atoms with van der Waals surface area (Å²) in [4.78, 5) is 25.9. The van der Waals surface area contributed by atoms with Crippen molar-refractivity contribution in [1.82, 2.24) is 15.2 Å². The molecule has 0 aliphatic rings. The molecule has 1 aromatic heterocycles. The normalized spacial score (nSPS) is 10.4. The van der Waals surface area contributed by atoms with E-state index in [-0.39, 0.29) is 12.4 Å². The number of hydrogen-bond acceptors (Lipinski definition) is 5. The van der Waals surface area contributed by atoms with E-state index in [1.54, 1.807) is 11.9 Å². The Morgan fingerprint density at radius 1 is 1.31 bits per heavy atom. The summed E-state index contributed by atoms with van der Waals surface area (Å²) in [7, 11) is 1.73. The van der Waals surface area contributed by atoms with Gasteiger partial charge in [-0.1, -0.05) is 0 Å². The van der Waals surface area contributed by atoms with Crippen LogP contribution in [0.2, 0.25) is 0 Å². The predicted molar refractivity (Wildman–Crippen MR) is 59.7 cm³/mol. The fraction of sp³-hybridized carbons (Fsp3) is 0.667. The molecule has 16 heavy (non-hydrogen) atoms. The molecular weight excluding hydrogens is 212 g/mol. The van der Waals surface area contributed by atoms with Crippen molar-refractivity contribution in [3.05, 3.63) is 20.8 Å². The first kappa shape index (κ1) is 12.4. The Morgan fingerprint density at radius 3 is 2.69 bits per heavy atom. The molecule has 1 aromatic rings. The SMILES string of the molecule is CN(CCCCCO)c1n[nH]c(=O)[nH]c1=O. The first-order chi connectivity index (χ1) is 7.65. The van der Waals surface area contributed by atoms with Crippen molar-refractivity contribution in [2.45, 2.75) is 19.3 Å². The minimum absolute atomic E-state index is 0.182. The van der Waals surface area contributed by atoms with Gasteiger partial charge < -0.3 is 10.0 Å². The molecule has 0 saturated heterocycles. The van der Waals surface area contributed by atoms with Crippen LogP contribution in [0.3, 0.4) is 0 Å². The van der Waals surface area contributed by atoms with E-state index in [9.17, 15) is 9.59 Å². The number of aromatic nitrogens is 3. The molecule has 7 nitrogen and oxygen atoms in total. The fourth-order valence-corrected chi connectivity index (χ4v) is 1.34. The highest BCUT2D eigenvalue weighted by atomic mass is 16.3. The second-order valence-electron chi connectivity index (χ2n) is 3.54. The van der Waals surface area contributed by atoms with Gasteiger partial charge in [0.25, 0.3) is 5.56 Å². The summed E-state index contributed by atoms with van der Waals surface area (Å²) >= 11 is 0. The smallest absolute Gasteiger partial charge is 0.342 e. The number of H-pyrrole nitrogens is 2. The van der Waals surface area contributed by atoms with Gasteiger partial charge in [0.15, 0.2) is 0 Å². The van der Waals surface area contributed by atoms with Gasteiger partial charge in [-0.25, -0.2) is 9.89 Å². The molecule has 0 saturated carbocycles. The number of unbranched alkanes of at least 4 members (excludes halogenated alkanes) is 2. The summed E-state index contributed by atoms with van der Waals surface area (Å²) in [5.74, 6) is 0.198. The molecule has 0 amide bonds. The molecule has 1 rings (SSSR count). The van der Waals surface area contributed by atoms with Crippen molar-refractivity contribution in [3.63, 3.8) is 0 Å². The van der Waals surface area contributed by atoms with Crippen LogP contribution >= 0.6 is 0 Å². The van der Waals surface area contributed by atoms with Gasteiger partial charge in [0.05, 0.1) is 0 Å². The van der Waals surface area contributed by atoms with Crippen molar-refractivity contribution in [2.75, 3.05) is 25.1 Å². The zero-order valence-corrected chi connectivity index (χ0v) is 9.19. The maximum Gasteiger partial charge on any atom is 0.342 e. The molecule has 0 radical (unpaired) electrons. The van der Waals surface area contributed by atoms with Crippen LogP contribution in [-0.2, 0) is 0 Å². The quantitative estimate of drug-likeness (QED) is 0.545. The summed E-state index contributed by atoms with van der Waals surface area (Å²) in [6.07, 6.45) is 2.50. The Morgan fingerprint density at radius 2 is 2.06 bits per heavy atom. The van der Waals surface area contributed by atoms with Gasteiger partial charge >= 0.3 is 5.69 Å². The second-order valence-corrected chi connectivity index (χ2v) is 3.54. The van der Waals surface area contributed by atoms with Crippen molar-refractivity contribution in [1.29, 1.82) is 0 Å². The monoisotopic (exact) mass is 228 g/mol. The third-order valence-corrected chi connectivity index (χ3v) is 2.21. The van der Waals surface area contributed by atoms with E-state index in [2.05, 4.69) is 15.2 Å². The molecule has 1 heterocycles. The van der Waals surface area contributed by atoms with E-state index in [0.717, 1.165) is 19.3 Å². The molecule has 0 aliphatic carbocycles. The summed E-state index contributed by atoms with van der Waals surface area (Å²) in [5.41, 5.74) is -1.10. The Balaban J connectivity index is 2.56. The highest BCUT2D eigenvalue weighted by Crippen LogP contribution is 2.01. The van der Waals surface area contributed by atoms with E-state index in [1.165, 1.54) is 0 Å². The molecule has 0 atom stereocenters. The second kappa shape index (κ2) is 6.06. The zero-order valence-electron chi connectivity index (χ0n) is 9.19. The predicted octanol–water partition coefficient (Wildman–Crippen LogP) is -0.943. The standard InChI is InChI=1S/C9H16N4O3/c1-13(5-3-2-4-6-14)7-8(15)10-9(16)12-11-7/h14H,2-6H2,1H3,(H2,10,12,15,16). The van der Waals surface area contributed by atoms with Crippen LogP contribution in [0.15, 0.2) is 9.59 Å². The van der Waals surface area contributed by atoms with Crippen molar-refractivity contribution >= 4 is 5.82 Å². The van der Waals surface area contributed by atoms with Crippen LogP contribution in [-0.4, -0.2) is 40.5 Å². The van der Waals surface area contributed by atoms with Gasteiger partial charge in [-0.15, -0.1) is 5.10 Å². The number of rotatable bonds is 6. The van der Waals surface area contributed by atoms with Crippen LogP contribution in [0.1, 0.15) is 19.3 Å². The Kier molecular flexibility index (Phi) is 4.71. The van der Waals surface area contributed by atoms with E-state index in [4.69, 9.17) is 5.11 Å². The van der Waals surface area contributed by atoms with Gasteiger partial charge in [0.2, 0.25) is 5.82 Å². The maximum atomic E-state index is 11.4. The Labute approximate surface area is 92.1 Å². The average molecular weight is 228 g/mol. The van der Waals surface area contributed by atoms with Crippen LogP contribution in [0.4, 0.5) is 5.82 Å². The van der Waals surface area contributed by atoms with Crippen molar-refractivity contribution in [3.8, 4) is 0 Å². The number of anilines is 1. The van der Waals surface area contributed by atoms with Gasteiger partial charge in [-0.3, -0.25) is 9.78 Å². The lowest BCUT2D eigenvalue weighted by atomic mass is 10.2. The van der Waals surface area contributed by atoms with Crippen molar-refractivity contribution in [2.24, 2.45) is 0 Å². The van der Waals surface area contributed by atoms with Crippen molar-refractivity contribution < 1.29 is 5.11 Å². The minimum Gasteiger partial charge on any atom is -0.396 e. The third-order valence-electron chi connectivity index (χ3n) is 2.21. The Bertz CT molecular complexity index is 425. The molecule has 0 fully saturated rings. The molecule has 3 N–H and O–H groups in total. The number of aliphatic hydroxyl groups is 1. The highest BCUT2D eigenvalue weighted by molar-refractivity contribution is 5.32. The van der Waals surface area contributed by atoms with E-state index in [1.807, 2.05) is 0 Å². The summed E-state index contributed by atoms with van der Waals surface area (Å²) in [6, 6.07) is 0. The lowest BCUT2D eigenvalue weighted by Gasteiger charge is -2.15. The summed E-state index contributed by atoms with van der Waals surface area (Å²) in [5, 5.41) is 14.5. The molecule has 7 heteroatoms. The maximum absolute atomic E-state index is 11.4. The highest BCUT2D eigenvalue weighted by Gasteiger charge is 2.07. The van der Waals surface area contributed by atoms with Crippen LogP contribution < -0.4 is 16.1 Å². The first-order valence-corrected chi connectivity index (χ1v) is 5.16. The molecule has 0 spiro atoms. The van der Waals surface area contributed by atoms with Gasteiger partial charge in [0, 0.05) is 20.2 Å².